The Labute approximate surface area is 141 Å². The van der Waals surface area contributed by atoms with E-state index in [1.807, 2.05) is 48.1 Å². The van der Waals surface area contributed by atoms with Crippen LogP contribution in [0.3, 0.4) is 0 Å². The summed E-state index contributed by atoms with van der Waals surface area (Å²) in [5.41, 5.74) is 1.01. The molecule has 6 nitrogen and oxygen atoms in total. The van der Waals surface area contributed by atoms with Crippen LogP contribution >= 0.6 is 0 Å². The summed E-state index contributed by atoms with van der Waals surface area (Å²) in [4.78, 5) is 4.49. The number of benzene rings is 1. The SMILES string of the molecule is COc1cc(OC)cc([C@H](NCc2ccco2)c2nccn2C)c1. The molecule has 1 aromatic carbocycles. The number of nitrogens with zero attached hydrogens (tertiary/aromatic N) is 2. The van der Waals surface area contributed by atoms with Gasteiger partial charge in [-0.1, -0.05) is 0 Å². The van der Waals surface area contributed by atoms with Crippen molar-refractivity contribution in [1.29, 1.82) is 0 Å². The van der Waals surface area contributed by atoms with E-state index in [9.17, 15) is 0 Å². The molecule has 6 heteroatoms. The number of rotatable bonds is 7. The number of methoxy groups -OCH3 is 2. The first-order valence-electron chi connectivity index (χ1n) is 7.67. The number of aromatic nitrogens is 2. The van der Waals surface area contributed by atoms with Gasteiger partial charge in [0.05, 0.1) is 33.1 Å². The molecular formula is C18H21N3O3. The Kier molecular flexibility index (Phi) is 4.86. The molecule has 0 aliphatic carbocycles. The van der Waals surface area contributed by atoms with Crippen LogP contribution in [0.25, 0.3) is 0 Å². The number of nitrogens with one attached hydrogen (secondary N) is 1. The number of aryl methyl sites for hydroxylation is 1. The van der Waals surface area contributed by atoms with E-state index in [2.05, 4.69) is 10.3 Å². The lowest BCUT2D eigenvalue weighted by Crippen LogP contribution is -2.24. The Morgan fingerprint density at radius 1 is 1.21 bits per heavy atom. The van der Waals surface area contributed by atoms with Gasteiger partial charge in [-0.25, -0.2) is 4.98 Å². The number of hydrogen-bond acceptors (Lipinski definition) is 5. The van der Waals surface area contributed by atoms with Crippen molar-refractivity contribution in [2.24, 2.45) is 7.05 Å². The predicted octanol–water partition coefficient (Wildman–Crippen LogP) is 2.91. The lowest BCUT2D eigenvalue weighted by atomic mass is 10.0. The van der Waals surface area contributed by atoms with Gasteiger partial charge in [0, 0.05) is 25.5 Å². The van der Waals surface area contributed by atoms with E-state index < -0.39 is 0 Å². The lowest BCUT2D eigenvalue weighted by molar-refractivity contribution is 0.391. The van der Waals surface area contributed by atoms with Crippen LogP contribution in [0, 0.1) is 0 Å². The van der Waals surface area contributed by atoms with Gasteiger partial charge >= 0.3 is 0 Å². The highest BCUT2D eigenvalue weighted by Gasteiger charge is 2.20. The van der Waals surface area contributed by atoms with E-state index in [1.54, 1.807) is 26.7 Å². The molecule has 3 rings (SSSR count). The Morgan fingerprint density at radius 3 is 2.50 bits per heavy atom. The molecule has 126 valence electrons. The summed E-state index contributed by atoms with van der Waals surface area (Å²) in [7, 11) is 5.26. The van der Waals surface area contributed by atoms with Crippen LogP contribution in [-0.4, -0.2) is 23.8 Å². The lowest BCUT2D eigenvalue weighted by Gasteiger charge is -2.20. The fraction of sp³-hybridized carbons (Fsp3) is 0.278. The fourth-order valence-electron chi connectivity index (χ4n) is 2.63. The molecule has 2 aromatic heterocycles. The van der Waals surface area contributed by atoms with Gasteiger partial charge in [0.2, 0.25) is 0 Å². The standard InChI is InChI=1S/C18H21N3O3/c1-21-7-6-19-18(21)17(20-12-14-5-4-8-24-14)13-9-15(22-2)11-16(10-13)23-3/h4-11,17,20H,12H2,1-3H3/t17-/m0/s1. The van der Waals surface area contributed by atoms with Gasteiger partial charge in [-0.05, 0) is 29.8 Å². The molecule has 24 heavy (non-hydrogen) atoms. The van der Waals surface area contributed by atoms with Crippen LogP contribution in [0.2, 0.25) is 0 Å². The van der Waals surface area contributed by atoms with Crippen LogP contribution in [0.15, 0.2) is 53.4 Å². The van der Waals surface area contributed by atoms with Gasteiger partial charge in [-0.3, -0.25) is 5.32 Å². The molecule has 0 unspecified atom stereocenters. The summed E-state index contributed by atoms with van der Waals surface area (Å²) in [6.07, 6.45) is 5.38. The van der Waals surface area contributed by atoms with E-state index in [0.717, 1.165) is 28.6 Å². The fourth-order valence-corrected chi connectivity index (χ4v) is 2.63. The summed E-state index contributed by atoms with van der Waals surface area (Å²) >= 11 is 0. The van der Waals surface area contributed by atoms with Crippen molar-refractivity contribution in [1.82, 2.24) is 14.9 Å². The molecule has 0 saturated heterocycles. The van der Waals surface area contributed by atoms with Gasteiger partial charge in [-0.2, -0.15) is 0 Å². The second-order valence-corrected chi connectivity index (χ2v) is 5.44. The van der Waals surface area contributed by atoms with Gasteiger partial charge in [-0.15, -0.1) is 0 Å². The molecule has 0 saturated carbocycles. The highest BCUT2D eigenvalue weighted by atomic mass is 16.5. The van der Waals surface area contributed by atoms with E-state index >= 15 is 0 Å². The first-order valence-corrected chi connectivity index (χ1v) is 7.67. The molecule has 0 fully saturated rings. The largest absolute Gasteiger partial charge is 0.497 e. The molecule has 0 aliphatic rings. The number of hydrogen-bond donors (Lipinski definition) is 1. The molecule has 0 radical (unpaired) electrons. The Morgan fingerprint density at radius 2 is 1.96 bits per heavy atom. The Balaban J connectivity index is 1.96. The molecule has 2 heterocycles. The van der Waals surface area contributed by atoms with Gasteiger partial charge < -0.3 is 18.5 Å². The zero-order chi connectivity index (χ0) is 16.9. The second kappa shape index (κ2) is 7.23. The van der Waals surface area contributed by atoms with E-state index in [0.29, 0.717) is 6.54 Å². The van der Waals surface area contributed by atoms with Gasteiger partial charge in [0.15, 0.2) is 0 Å². The maximum absolute atomic E-state index is 5.42. The molecule has 0 spiro atoms. The topological polar surface area (TPSA) is 61.5 Å². The van der Waals surface area contributed by atoms with Crippen molar-refractivity contribution in [3.63, 3.8) is 0 Å². The highest BCUT2D eigenvalue weighted by Crippen LogP contribution is 2.29. The van der Waals surface area contributed by atoms with Crippen molar-refractivity contribution < 1.29 is 13.9 Å². The summed E-state index contributed by atoms with van der Waals surface area (Å²) in [6, 6.07) is 9.51. The minimum absolute atomic E-state index is 0.126. The summed E-state index contributed by atoms with van der Waals surface area (Å²) in [5.74, 6) is 3.24. The van der Waals surface area contributed by atoms with E-state index in [1.165, 1.54) is 0 Å². The first-order chi connectivity index (χ1) is 11.7. The third kappa shape index (κ3) is 3.44. The highest BCUT2D eigenvalue weighted by molar-refractivity contribution is 5.41. The molecule has 0 amide bonds. The quantitative estimate of drug-likeness (QED) is 0.723. The molecule has 3 aromatic rings. The van der Waals surface area contributed by atoms with Crippen molar-refractivity contribution in [2.45, 2.75) is 12.6 Å². The molecular weight excluding hydrogens is 306 g/mol. The first kappa shape index (κ1) is 16.1. The third-order valence-corrected chi connectivity index (χ3v) is 3.88. The van der Waals surface area contributed by atoms with Crippen molar-refractivity contribution in [2.75, 3.05) is 14.2 Å². The molecule has 1 atom stereocenters. The predicted molar refractivity (Wildman–Crippen MR) is 90.1 cm³/mol. The minimum atomic E-state index is -0.126. The van der Waals surface area contributed by atoms with Crippen LogP contribution < -0.4 is 14.8 Å². The van der Waals surface area contributed by atoms with Crippen molar-refractivity contribution >= 4 is 0 Å². The van der Waals surface area contributed by atoms with Crippen LogP contribution in [0.5, 0.6) is 11.5 Å². The van der Waals surface area contributed by atoms with Crippen LogP contribution in [-0.2, 0) is 13.6 Å². The number of furan rings is 1. The third-order valence-electron chi connectivity index (χ3n) is 3.88. The van der Waals surface area contributed by atoms with Gasteiger partial charge in [0.25, 0.3) is 0 Å². The molecule has 0 aliphatic heterocycles. The smallest absolute Gasteiger partial charge is 0.130 e. The summed E-state index contributed by atoms with van der Waals surface area (Å²) < 4.78 is 18.2. The van der Waals surface area contributed by atoms with E-state index in [4.69, 9.17) is 13.9 Å². The molecule has 0 bridgehead atoms. The molecule has 1 N–H and O–H groups in total. The van der Waals surface area contributed by atoms with E-state index in [-0.39, 0.29) is 6.04 Å². The van der Waals surface area contributed by atoms with Crippen LogP contribution in [0.4, 0.5) is 0 Å². The average Bonchev–Trinajstić information content (AvgIpc) is 3.27. The maximum atomic E-state index is 5.42. The average molecular weight is 327 g/mol. The zero-order valence-electron chi connectivity index (χ0n) is 14.0. The normalized spacial score (nSPS) is 12.1. The van der Waals surface area contributed by atoms with Gasteiger partial charge in [0.1, 0.15) is 23.1 Å². The minimum Gasteiger partial charge on any atom is -0.497 e. The summed E-state index contributed by atoms with van der Waals surface area (Å²) in [5, 5.41) is 3.50. The Hall–Kier alpha value is -2.73. The van der Waals surface area contributed by atoms with Crippen molar-refractivity contribution in [3.05, 3.63) is 66.1 Å². The van der Waals surface area contributed by atoms with Crippen LogP contribution in [0.1, 0.15) is 23.2 Å². The second-order valence-electron chi connectivity index (χ2n) is 5.44. The number of imidazole rings is 1. The number of ether oxygens (including phenoxy) is 2. The van der Waals surface area contributed by atoms with Crippen molar-refractivity contribution in [3.8, 4) is 11.5 Å². The monoisotopic (exact) mass is 327 g/mol. The summed E-state index contributed by atoms with van der Waals surface area (Å²) in [6.45, 7) is 0.587. The Bertz CT molecular complexity index is 758. The zero-order valence-corrected chi connectivity index (χ0v) is 14.0. The maximum Gasteiger partial charge on any atom is 0.130 e.